The molecule has 0 N–H and O–H groups in total. The van der Waals surface area contributed by atoms with Gasteiger partial charge in [0, 0.05) is 39.1 Å². The largest absolute Gasteiger partial charge is 0.337 e. The molecule has 4 nitrogen and oxygen atoms in total. The second-order valence-electron chi connectivity index (χ2n) is 7.97. The maximum Gasteiger partial charge on any atom is 0.265 e. The minimum absolute atomic E-state index is 0.165. The summed E-state index contributed by atoms with van der Waals surface area (Å²) in [4.78, 5) is 23.0. The Hall–Kier alpha value is -1.72. The molecule has 2 aromatic rings. The third-order valence-corrected chi connectivity index (χ3v) is 6.32. The Balaban J connectivity index is 1.63. The van der Waals surface area contributed by atoms with Gasteiger partial charge in [-0.05, 0) is 37.3 Å². The van der Waals surface area contributed by atoms with E-state index < -0.39 is 0 Å². The second-order valence-corrected chi connectivity index (χ2v) is 9.05. The predicted octanol–water partition coefficient (Wildman–Crippen LogP) is 4.31. The number of carbonyl (C=O) groups excluding carboxylic acids is 1. The van der Waals surface area contributed by atoms with Crippen molar-refractivity contribution in [1.82, 2.24) is 14.8 Å². The smallest absolute Gasteiger partial charge is 0.265 e. The minimum Gasteiger partial charge on any atom is -0.337 e. The lowest BCUT2D eigenvalue weighted by atomic mass is 10.1. The van der Waals surface area contributed by atoms with Crippen molar-refractivity contribution in [1.29, 1.82) is 0 Å². The quantitative estimate of drug-likeness (QED) is 0.770. The molecule has 1 fully saturated rings. The van der Waals surface area contributed by atoms with E-state index in [4.69, 9.17) is 0 Å². The van der Waals surface area contributed by atoms with Crippen LogP contribution in [0.1, 0.15) is 51.8 Å². The Bertz CT molecular complexity index is 784. The van der Waals surface area contributed by atoms with Gasteiger partial charge in [0.15, 0.2) is 0 Å². The molecule has 0 aliphatic carbocycles. The molecule has 0 radical (unpaired) electrons. The fraction of sp³-hybridized carbons (Fsp3) is 0.545. The van der Waals surface area contributed by atoms with Crippen molar-refractivity contribution < 1.29 is 4.79 Å². The average molecular weight is 386 g/mol. The predicted molar refractivity (Wildman–Crippen MR) is 112 cm³/mol. The van der Waals surface area contributed by atoms with E-state index in [-0.39, 0.29) is 5.91 Å². The highest BCUT2D eigenvalue weighted by molar-refractivity contribution is 7.13. The number of benzene rings is 1. The first-order valence-electron chi connectivity index (χ1n) is 9.96. The molecular weight excluding hydrogens is 354 g/mol. The summed E-state index contributed by atoms with van der Waals surface area (Å²) in [6.07, 6.45) is 1.97. The van der Waals surface area contributed by atoms with Crippen molar-refractivity contribution in [2.45, 2.75) is 47.1 Å². The molecule has 27 heavy (non-hydrogen) atoms. The van der Waals surface area contributed by atoms with Gasteiger partial charge in [-0.15, -0.1) is 11.3 Å². The summed E-state index contributed by atoms with van der Waals surface area (Å²) in [6, 6.07) is 8.58. The Kier molecular flexibility index (Phi) is 6.66. The zero-order valence-electron chi connectivity index (χ0n) is 17.0. The Labute approximate surface area is 167 Å². The highest BCUT2D eigenvalue weighted by Gasteiger charge is 2.24. The maximum atomic E-state index is 13.1. The van der Waals surface area contributed by atoms with Gasteiger partial charge in [0.2, 0.25) is 0 Å². The van der Waals surface area contributed by atoms with Gasteiger partial charge < -0.3 is 4.90 Å². The second kappa shape index (κ2) is 8.98. The molecular formula is C22H31N3OS. The van der Waals surface area contributed by atoms with Crippen LogP contribution in [0, 0.1) is 19.8 Å². The zero-order valence-corrected chi connectivity index (χ0v) is 17.8. The molecule has 146 valence electrons. The summed E-state index contributed by atoms with van der Waals surface area (Å²) in [5.74, 6) is 0.726. The first-order valence-corrected chi connectivity index (χ1v) is 10.8. The van der Waals surface area contributed by atoms with E-state index in [1.165, 1.54) is 11.1 Å². The highest BCUT2D eigenvalue weighted by atomic mass is 32.1. The van der Waals surface area contributed by atoms with E-state index in [9.17, 15) is 4.79 Å². The lowest BCUT2D eigenvalue weighted by Gasteiger charge is -2.22. The summed E-state index contributed by atoms with van der Waals surface area (Å²) in [6.45, 7) is 13.1. The van der Waals surface area contributed by atoms with E-state index >= 15 is 0 Å². The first-order chi connectivity index (χ1) is 12.9. The van der Waals surface area contributed by atoms with E-state index in [1.807, 2.05) is 11.8 Å². The minimum atomic E-state index is 0.165. The summed E-state index contributed by atoms with van der Waals surface area (Å²) >= 11 is 1.59. The number of hydrogen-bond acceptors (Lipinski definition) is 4. The van der Waals surface area contributed by atoms with Crippen LogP contribution >= 0.6 is 11.3 Å². The van der Waals surface area contributed by atoms with Crippen LogP contribution in [0.2, 0.25) is 0 Å². The van der Waals surface area contributed by atoms with E-state index in [0.29, 0.717) is 5.92 Å². The molecule has 0 spiro atoms. The van der Waals surface area contributed by atoms with Crippen molar-refractivity contribution in [3.05, 3.63) is 51.0 Å². The Morgan fingerprint density at radius 1 is 1.15 bits per heavy atom. The van der Waals surface area contributed by atoms with Gasteiger partial charge in [-0.3, -0.25) is 9.69 Å². The molecule has 1 aromatic carbocycles. The van der Waals surface area contributed by atoms with Gasteiger partial charge in [-0.1, -0.05) is 38.1 Å². The Morgan fingerprint density at radius 2 is 1.93 bits per heavy atom. The molecule has 2 heterocycles. The molecule has 1 aromatic heterocycles. The van der Waals surface area contributed by atoms with Gasteiger partial charge in [-0.2, -0.15) is 0 Å². The van der Waals surface area contributed by atoms with Crippen molar-refractivity contribution in [3.63, 3.8) is 0 Å². The van der Waals surface area contributed by atoms with Crippen molar-refractivity contribution >= 4 is 17.2 Å². The molecule has 0 atom stereocenters. The van der Waals surface area contributed by atoms with Crippen LogP contribution < -0.4 is 0 Å². The number of carbonyl (C=O) groups is 1. The van der Waals surface area contributed by atoms with E-state index in [0.717, 1.165) is 61.1 Å². The molecule has 1 saturated heterocycles. The third-order valence-electron chi connectivity index (χ3n) is 5.15. The van der Waals surface area contributed by atoms with Crippen LogP contribution in [0.5, 0.6) is 0 Å². The first kappa shape index (κ1) is 20.0. The lowest BCUT2D eigenvalue weighted by molar-refractivity contribution is 0.0765. The maximum absolute atomic E-state index is 13.1. The highest BCUT2D eigenvalue weighted by Crippen LogP contribution is 2.23. The SMILES string of the molecule is Cc1ccccc1CN1CCCN(C(=O)c2sc(CC(C)C)nc2C)CC1. The van der Waals surface area contributed by atoms with Crippen LogP contribution in [0.15, 0.2) is 24.3 Å². The number of nitrogens with zero attached hydrogens (tertiary/aromatic N) is 3. The molecule has 0 unspecified atom stereocenters. The normalized spacial score (nSPS) is 16.0. The lowest BCUT2D eigenvalue weighted by Crippen LogP contribution is -2.35. The molecule has 0 bridgehead atoms. The van der Waals surface area contributed by atoms with E-state index in [1.54, 1.807) is 11.3 Å². The van der Waals surface area contributed by atoms with Crippen LogP contribution in [0.3, 0.4) is 0 Å². The fourth-order valence-electron chi connectivity index (χ4n) is 3.59. The fourth-order valence-corrected chi connectivity index (χ4v) is 4.84. The number of amides is 1. The van der Waals surface area contributed by atoms with Crippen molar-refractivity contribution in [3.8, 4) is 0 Å². The third kappa shape index (κ3) is 5.17. The zero-order chi connectivity index (χ0) is 19.4. The van der Waals surface area contributed by atoms with Gasteiger partial charge in [0.05, 0.1) is 10.7 Å². The van der Waals surface area contributed by atoms with Crippen LogP contribution in [0.4, 0.5) is 0 Å². The topological polar surface area (TPSA) is 36.4 Å². The molecule has 5 heteroatoms. The summed E-state index contributed by atoms with van der Waals surface area (Å²) in [5.41, 5.74) is 3.61. The van der Waals surface area contributed by atoms with Crippen molar-refractivity contribution in [2.75, 3.05) is 26.2 Å². The van der Waals surface area contributed by atoms with Gasteiger partial charge in [0.1, 0.15) is 4.88 Å². The van der Waals surface area contributed by atoms with Gasteiger partial charge in [0.25, 0.3) is 5.91 Å². The van der Waals surface area contributed by atoms with Crippen LogP contribution in [-0.4, -0.2) is 46.9 Å². The molecule has 1 aliphatic rings. The van der Waals surface area contributed by atoms with Gasteiger partial charge >= 0.3 is 0 Å². The number of aryl methyl sites for hydroxylation is 2. The number of aromatic nitrogens is 1. The number of rotatable bonds is 5. The van der Waals surface area contributed by atoms with Gasteiger partial charge in [-0.25, -0.2) is 4.98 Å². The molecule has 1 amide bonds. The molecule has 0 saturated carbocycles. The summed E-state index contributed by atoms with van der Waals surface area (Å²) in [7, 11) is 0. The standard InChI is InChI=1S/C22H31N3OS/c1-16(2)14-20-23-18(4)21(27-20)22(26)25-11-7-10-24(12-13-25)15-19-9-6-5-8-17(19)3/h5-6,8-9,16H,7,10-15H2,1-4H3. The van der Waals surface area contributed by atoms with Crippen LogP contribution in [0.25, 0.3) is 0 Å². The summed E-state index contributed by atoms with van der Waals surface area (Å²) < 4.78 is 0. The Morgan fingerprint density at radius 3 is 2.67 bits per heavy atom. The molecule has 1 aliphatic heterocycles. The monoisotopic (exact) mass is 385 g/mol. The number of hydrogen-bond donors (Lipinski definition) is 0. The number of thiazole rings is 1. The summed E-state index contributed by atoms with van der Waals surface area (Å²) in [5, 5.41) is 1.09. The van der Waals surface area contributed by atoms with Crippen molar-refractivity contribution in [2.24, 2.45) is 5.92 Å². The van der Waals surface area contributed by atoms with E-state index in [2.05, 4.69) is 54.9 Å². The van der Waals surface area contributed by atoms with Crippen LogP contribution in [-0.2, 0) is 13.0 Å². The molecule has 3 rings (SSSR count). The average Bonchev–Trinajstić information content (AvgIpc) is 2.83.